The third kappa shape index (κ3) is 2.52. The largest absolute Gasteiger partial charge is 0.427 e. The molecule has 0 fully saturated rings. The minimum absolute atomic E-state index is 0.198. The summed E-state index contributed by atoms with van der Waals surface area (Å²) in [7, 11) is 0. The Morgan fingerprint density at radius 3 is 2.00 bits per heavy atom. The molecule has 0 bridgehead atoms. The minimum atomic E-state index is -0.495. The van der Waals surface area contributed by atoms with Crippen LogP contribution in [0.1, 0.15) is 27.6 Å². The summed E-state index contributed by atoms with van der Waals surface area (Å²) in [5.41, 5.74) is 0.594. The second-order valence-corrected chi connectivity index (χ2v) is 2.66. The lowest BCUT2D eigenvalue weighted by molar-refractivity contribution is -0.131. The second-order valence-electron chi connectivity index (χ2n) is 2.66. The number of hydrogen-bond donors (Lipinski definition) is 0. The molecule has 1 aromatic carbocycles. The van der Waals surface area contributed by atoms with Crippen LogP contribution in [-0.4, -0.2) is 18.5 Å². The highest BCUT2D eigenvalue weighted by molar-refractivity contribution is 5.83. The van der Waals surface area contributed by atoms with Crippen molar-refractivity contribution in [3.8, 4) is 5.75 Å². The van der Waals surface area contributed by atoms with Crippen LogP contribution in [-0.2, 0) is 4.79 Å². The van der Waals surface area contributed by atoms with Crippen molar-refractivity contribution in [2.24, 2.45) is 0 Å². The standard InChI is InChI=1S/C10H8O4/c1-7(13)14-10-3-8(5-11)2-9(4-10)6-12/h2-6H,1H3. The summed E-state index contributed by atoms with van der Waals surface area (Å²) in [6.45, 7) is 1.24. The van der Waals surface area contributed by atoms with Crippen LogP contribution in [0.5, 0.6) is 5.75 Å². The maximum absolute atomic E-state index is 10.6. The molecule has 72 valence electrons. The Kier molecular flexibility index (Phi) is 3.12. The van der Waals surface area contributed by atoms with Crippen molar-refractivity contribution in [3.63, 3.8) is 0 Å². The third-order valence-corrected chi connectivity index (χ3v) is 1.48. The van der Waals surface area contributed by atoms with Crippen molar-refractivity contribution in [1.29, 1.82) is 0 Å². The summed E-state index contributed by atoms with van der Waals surface area (Å²) in [5.74, 6) is -0.297. The quantitative estimate of drug-likeness (QED) is 0.410. The molecular formula is C10H8O4. The van der Waals surface area contributed by atoms with Gasteiger partial charge in [-0.25, -0.2) is 0 Å². The van der Waals surface area contributed by atoms with Gasteiger partial charge in [0.15, 0.2) is 0 Å². The van der Waals surface area contributed by atoms with Crippen LogP contribution in [0.4, 0.5) is 0 Å². The van der Waals surface area contributed by atoms with E-state index in [1.165, 1.54) is 25.1 Å². The summed E-state index contributed by atoms with van der Waals surface area (Å²) in [4.78, 5) is 31.5. The number of rotatable bonds is 3. The number of carbonyl (C=O) groups excluding carboxylic acids is 3. The maximum Gasteiger partial charge on any atom is 0.308 e. The van der Waals surface area contributed by atoms with E-state index in [0.717, 1.165) is 0 Å². The van der Waals surface area contributed by atoms with Gasteiger partial charge in [-0.15, -0.1) is 0 Å². The predicted molar refractivity (Wildman–Crippen MR) is 48.5 cm³/mol. The summed E-state index contributed by atoms with van der Waals surface area (Å²) in [6, 6.07) is 4.19. The molecule has 0 amide bonds. The van der Waals surface area contributed by atoms with Gasteiger partial charge in [-0.05, 0) is 18.2 Å². The number of hydrogen-bond acceptors (Lipinski definition) is 4. The summed E-state index contributed by atoms with van der Waals surface area (Å²) < 4.78 is 4.74. The third-order valence-electron chi connectivity index (χ3n) is 1.48. The lowest BCUT2D eigenvalue weighted by Crippen LogP contribution is -2.02. The Morgan fingerprint density at radius 1 is 1.14 bits per heavy atom. The molecule has 0 heterocycles. The topological polar surface area (TPSA) is 60.4 Å². The molecule has 0 aliphatic heterocycles. The molecular weight excluding hydrogens is 184 g/mol. The van der Waals surface area contributed by atoms with E-state index >= 15 is 0 Å². The Labute approximate surface area is 80.5 Å². The van der Waals surface area contributed by atoms with Gasteiger partial charge in [0.1, 0.15) is 18.3 Å². The molecule has 0 N–H and O–H groups in total. The molecule has 0 aliphatic carbocycles. The SMILES string of the molecule is CC(=O)Oc1cc(C=O)cc(C=O)c1. The molecule has 1 aromatic rings. The molecule has 0 spiro atoms. The zero-order valence-electron chi connectivity index (χ0n) is 7.52. The number of esters is 1. The fraction of sp³-hybridized carbons (Fsp3) is 0.100. The van der Waals surface area contributed by atoms with Gasteiger partial charge in [0.05, 0.1) is 0 Å². The van der Waals surface area contributed by atoms with Gasteiger partial charge in [0, 0.05) is 18.1 Å². The normalized spacial score (nSPS) is 9.21. The molecule has 0 saturated carbocycles. The van der Waals surface area contributed by atoms with Crippen LogP contribution in [0.15, 0.2) is 18.2 Å². The van der Waals surface area contributed by atoms with Crippen molar-refractivity contribution >= 4 is 18.5 Å². The molecule has 0 radical (unpaired) electrons. The Balaban J connectivity index is 3.09. The minimum Gasteiger partial charge on any atom is -0.427 e. The highest BCUT2D eigenvalue weighted by Crippen LogP contribution is 2.15. The van der Waals surface area contributed by atoms with Crippen LogP contribution in [0.25, 0.3) is 0 Å². The lowest BCUT2D eigenvalue weighted by Gasteiger charge is -2.02. The van der Waals surface area contributed by atoms with E-state index in [2.05, 4.69) is 0 Å². The van der Waals surface area contributed by atoms with Gasteiger partial charge in [-0.3, -0.25) is 14.4 Å². The van der Waals surface area contributed by atoms with Crippen LogP contribution in [0, 0.1) is 0 Å². The first-order chi connectivity index (χ1) is 6.65. The molecule has 0 atom stereocenters. The van der Waals surface area contributed by atoms with Crippen LogP contribution < -0.4 is 4.74 Å². The van der Waals surface area contributed by atoms with E-state index in [-0.39, 0.29) is 5.75 Å². The van der Waals surface area contributed by atoms with E-state index < -0.39 is 5.97 Å². The average Bonchev–Trinajstić information content (AvgIpc) is 2.16. The van der Waals surface area contributed by atoms with Gasteiger partial charge in [-0.2, -0.15) is 0 Å². The second kappa shape index (κ2) is 4.32. The van der Waals surface area contributed by atoms with Gasteiger partial charge in [0.2, 0.25) is 0 Å². The first-order valence-corrected chi connectivity index (χ1v) is 3.89. The highest BCUT2D eigenvalue weighted by atomic mass is 16.5. The van der Waals surface area contributed by atoms with Crippen molar-refractivity contribution in [1.82, 2.24) is 0 Å². The molecule has 0 unspecified atom stereocenters. The summed E-state index contributed by atoms with van der Waals surface area (Å²) in [5, 5.41) is 0. The Hall–Kier alpha value is -1.97. The Morgan fingerprint density at radius 2 is 1.64 bits per heavy atom. The number of carbonyl (C=O) groups is 3. The van der Waals surface area contributed by atoms with E-state index in [4.69, 9.17) is 4.74 Å². The van der Waals surface area contributed by atoms with Crippen molar-refractivity contribution in [3.05, 3.63) is 29.3 Å². The number of aldehydes is 2. The van der Waals surface area contributed by atoms with Crippen molar-refractivity contribution in [2.75, 3.05) is 0 Å². The van der Waals surface area contributed by atoms with Gasteiger partial charge in [-0.1, -0.05) is 0 Å². The molecule has 4 heteroatoms. The Bertz CT molecular complexity index is 355. The number of benzene rings is 1. The van der Waals surface area contributed by atoms with E-state index in [1.54, 1.807) is 0 Å². The average molecular weight is 192 g/mol. The number of ether oxygens (including phenoxy) is 1. The molecule has 1 rings (SSSR count). The smallest absolute Gasteiger partial charge is 0.308 e. The zero-order valence-corrected chi connectivity index (χ0v) is 7.52. The van der Waals surface area contributed by atoms with E-state index in [9.17, 15) is 14.4 Å². The van der Waals surface area contributed by atoms with Gasteiger partial charge in [0.25, 0.3) is 0 Å². The van der Waals surface area contributed by atoms with Crippen molar-refractivity contribution in [2.45, 2.75) is 6.92 Å². The predicted octanol–water partition coefficient (Wildman–Crippen LogP) is 1.24. The summed E-state index contributed by atoms with van der Waals surface area (Å²) in [6.07, 6.45) is 1.17. The van der Waals surface area contributed by atoms with Crippen molar-refractivity contribution < 1.29 is 19.1 Å². The van der Waals surface area contributed by atoms with Gasteiger partial charge >= 0.3 is 5.97 Å². The highest BCUT2D eigenvalue weighted by Gasteiger charge is 2.02. The molecule has 0 saturated heterocycles. The molecule has 14 heavy (non-hydrogen) atoms. The first kappa shape index (κ1) is 10.1. The van der Waals surface area contributed by atoms with E-state index in [0.29, 0.717) is 23.7 Å². The van der Waals surface area contributed by atoms with Crippen LogP contribution in [0.2, 0.25) is 0 Å². The fourth-order valence-electron chi connectivity index (χ4n) is 1.01. The van der Waals surface area contributed by atoms with E-state index in [1.807, 2.05) is 0 Å². The maximum atomic E-state index is 10.6. The monoisotopic (exact) mass is 192 g/mol. The molecule has 0 aromatic heterocycles. The zero-order chi connectivity index (χ0) is 10.6. The van der Waals surface area contributed by atoms with Gasteiger partial charge < -0.3 is 4.74 Å². The molecule has 0 aliphatic rings. The summed E-state index contributed by atoms with van der Waals surface area (Å²) >= 11 is 0. The molecule has 4 nitrogen and oxygen atoms in total. The first-order valence-electron chi connectivity index (χ1n) is 3.89. The lowest BCUT2D eigenvalue weighted by atomic mass is 10.1. The van der Waals surface area contributed by atoms with Crippen LogP contribution >= 0.6 is 0 Å². The fourth-order valence-corrected chi connectivity index (χ4v) is 1.01. The van der Waals surface area contributed by atoms with Crippen LogP contribution in [0.3, 0.4) is 0 Å².